The topological polar surface area (TPSA) is 52.0 Å². The van der Waals surface area contributed by atoms with Gasteiger partial charge in [0, 0.05) is 12.5 Å². The van der Waals surface area contributed by atoms with Gasteiger partial charge in [-0.25, -0.2) is 4.98 Å². The molecule has 0 fully saturated rings. The van der Waals surface area contributed by atoms with Crippen molar-refractivity contribution in [1.29, 1.82) is 0 Å². The molecule has 1 atom stereocenters. The highest BCUT2D eigenvalue weighted by atomic mass is 16.3. The van der Waals surface area contributed by atoms with Crippen molar-refractivity contribution in [3.8, 4) is 0 Å². The first-order valence-electron chi connectivity index (χ1n) is 2.94. The Hall–Kier alpha value is -0.830. The molecule has 0 aromatic carbocycles. The second-order valence-electron chi connectivity index (χ2n) is 2.01. The smallest absolute Gasteiger partial charge is 0.198 e. The van der Waals surface area contributed by atoms with E-state index in [1.807, 2.05) is 6.92 Å². The van der Waals surface area contributed by atoms with Gasteiger partial charge in [-0.05, 0) is 0 Å². The van der Waals surface area contributed by atoms with E-state index >= 15 is 0 Å². The van der Waals surface area contributed by atoms with Gasteiger partial charge >= 0.3 is 0 Å². The molecule has 1 heterocycles. The van der Waals surface area contributed by atoms with Crippen molar-refractivity contribution in [3.05, 3.63) is 18.4 Å². The molecular formula is C6H10N2O. The van der Waals surface area contributed by atoms with E-state index < -0.39 is 0 Å². The van der Waals surface area contributed by atoms with Crippen LogP contribution in [0.25, 0.3) is 0 Å². The van der Waals surface area contributed by atoms with E-state index in [-0.39, 0.29) is 5.92 Å². The van der Waals surface area contributed by atoms with Crippen molar-refractivity contribution in [3.63, 3.8) is 0 Å². The zero-order valence-corrected chi connectivity index (χ0v) is 5.37. The normalized spacial score (nSPS) is 13.6. The lowest BCUT2D eigenvalue weighted by atomic mass is 10.2. The SMILES string of the molecule is CC(CN)c1ncco1. The fraction of sp³-hybridized carbons (Fsp3) is 0.500. The average Bonchev–Trinajstić information content (AvgIpc) is 2.37. The van der Waals surface area contributed by atoms with Crippen LogP contribution >= 0.6 is 0 Å². The maximum absolute atomic E-state index is 5.36. The Labute approximate surface area is 53.9 Å². The summed E-state index contributed by atoms with van der Waals surface area (Å²) in [4.78, 5) is 3.94. The second-order valence-corrected chi connectivity index (χ2v) is 2.01. The quantitative estimate of drug-likeness (QED) is 0.635. The summed E-state index contributed by atoms with van der Waals surface area (Å²) in [5, 5.41) is 0. The molecule has 3 nitrogen and oxygen atoms in total. The van der Waals surface area contributed by atoms with Gasteiger partial charge < -0.3 is 10.2 Å². The first kappa shape index (κ1) is 6.29. The third-order valence-electron chi connectivity index (χ3n) is 1.23. The molecule has 0 spiro atoms. The standard InChI is InChI=1S/C6H10N2O/c1-5(4-7)6-8-2-3-9-6/h2-3,5H,4,7H2,1H3. The highest BCUT2D eigenvalue weighted by molar-refractivity contribution is 4.89. The molecule has 0 aliphatic carbocycles. The maximum Gasteiger partial charge on any atom is 0.198 e. The van der Waals surface area contributed by atoms with Crippen molar-refractivity contribution < 1.29 is 4.42 Å². The zero-order valence-electron chi connectivity index (χ0n) is 5.37. The van der Waals surface area contributed by atoms with Gasteiger partial charge in [-0.1, -0.05) is 6.92 Å². The van der Waals surface area contributed by atoms with E-state index in [0.717, 1.165) is 5.89 Å². The first-order chi connectivity index (χ1) is 4.34. The van der Waals surface area contributed by atoms with Gasteiger partial charge in [0.1, 0.15) is 6.26 Å². The zero-order chi connectivity index (χ0) is 6.69. The molecule has 0 radical (unpaired) electrons. The van der Waals surface area contributed by atoms with Crippen molar-refractivity contribution in [2.75, 3.05) is 6.54 Å². The predicted octanol–water partition coefficient (Wildman–Crippen LogP) is 0.737. The van der Waals surface area contributed by atoms with Crippen LogP contribution in [0.2, 0.25) is 0 Å². The van der Waals surface area contributed by atoms with Crippen molar-refractivity contribution in [1.82, 2.24) is 4.98 Å². The lowest BCUT2D eigenvalue weighted by Crippen LogP contribution is -2.08. The number of nitrogens with two attached hydrogens (primary N) is 1. The summed E-state index contributed by atoms with van der Waals surface area (Å²) in [6.45, 7) is 2.56. The minimum absolute atomic E-state index is 0.236. The molecule has 1 unspecified atom stereocenters. The molecule has 2 N–H and O–H groups in total. The molecule has 0 bridgehead atoms. The van der Waals surface area contributed by atoms with Crippen molar-refractivity contribution in [2.45, 2.75) is 12.8 Å². The molecule has 50 valence electrons. The third-order valence-corrected chi connectivity index (χ3v) is 1.23. The lowest BCUT2D eigenvalue weighted by Gasteiger charge is -1.99. The Balaban J connectivity index is 2.65. The van der Waals surface area contributed by atoms with E-state index in [9.17, 15) is 0 Å². The van der Waals surface area contributed by atoms with Crippen LogP contribution in [0.3, 0.4) is 0 Å². The van der Waals surface area contributed by atoms with Gasteiger partial charge in [0.2, 0.25) is 0 Å². The molecule has 0 aliphatic heterocycles. The molecule has 1 rings (SSSR count). The molecule has 0 amide bonds. The van der Waals surface area contributed by atoms with Gasteiger partial charge in [0.15, 0.2) is 5.89 Å². The number of rotatable bonds is 2. The van der Waals surface area contributed by atoms with E-state index in [1.54, 1.807) is 12.5 Å². The van der Waals surface area contributed by atoms with Crippen molar-refractivity contribution >= 4 is 0 Å². The minimum atomic E-state index is 0.236. The van der Waals surface area contributed by atoms with Gasteiger partial charge in [-0.15, -0.1) is 0 Å². The first-order valence-corrected chi connectivity index (χ1v) is 2.94. The fourth-order valence-corrected chi connectivity index (χ4v) is 0.579. The van der Waals surface area contributed by atoms with E-state index in [1.165, 1.54) is 0 Å². The number of oxazole rings is 1. The maximum atomic E-state index is 5.36. The molecule has 0 aliphatic rings. The van der Waals surface area contributed by atoms with Crippen LogP contribution < -0.4 is 5.73 Å². The molecule has 3 heteroatoms. The van der Waals surface area contributed by atoms with Crippen LogP contribution in [0.4, 0.5) is 0 Å². The van der Waals surface area contributed by atoms with Crippen molar-refractivity contribution in [2.24, 2.45) is 5.73 Å². The number of nitrogens with zero attached hydrogens (tertiary/aromatic N) is 1. The second kappa shape index (κ2) is 2.64. The molecule has 1 aromatic heterocycles. The predicted molar refractivity (Wildman–Crippen MR) is 34.0 cm³/mol. The monoisotopic (exact) mass is 126 g/mol. The summed E-state index contributed by atoms with van der Waals surface area (Å²) in [6, 6.07) is 0. The number of hydrogen-bond donors (Lipinski definition) is 1. The molecule has 9 heavy (non-hydrogen) atoms. The minimum Gasteiger partial charge on any atom is -0.449 e. The van der Waals surface area contributed by atoms with E-state index in [2.05, 4.69) is 4.98 Å². The molecule has 0 saturated heterocycles. The van der Waals surface area contributed by atoms with Crippen LogP contribution in [-0.4, -0.2) is 11.5 Å². The summed E-state index contributed by atoms with van der Waals surface area (Å²) >= 11 is 0. The van der Waals surface area contributed by atoms with Gasteiger partial charge in [0.25, 0.3) is 0 Å². The molecular weight excluding hydrogens is 116 g/mol. The largest absolute Gasteiger partial charge is 0.449 e. The van der Waals surface area contributed by atoms with Gasteiger partial charge in [0.05, 0.1) is 6.20 Å². The summed E-state index contributed by atoms with van der Waals surface area (Å²) in [6.07, 6.45) is 3.18. The summed E-state index contributed by atoms with van der Waals surface area (Å²) in [5.74, 6) is 0.956. The van der Waals surface area contributed by atoms with Gasteiger partial charge in [-0.2, -0.15) is 0 Å². The Kier molecular flexibility index (Phi) is 1.85. The van der Waals surface area contributed by atoms with Crippen LogP contribution in [0.15, 0.2) is 16.9 Å². The van der Waals surface area contributed by atoms with Crippen LogP contribution in [0, 0.1) is 0 Å². The highest BCUT2D eigenvalue weighted by Crippen LogP contribution is 2.08. The summed E-state index contributed by atoms with van der Waals surface area (Å²) in [7, 11) is 0. The average molecular weight is 126 g/mol. The Bertz CT molecular complexity index is 160. The number of hydrogen-bond acceptors (Lipinski definition) is 3. The van der Waals surface area contributed by atoms with E-state index in [4.69, 9.17) is 10.2 Å². The van der Waals surface area contributed by atoms with Crippen LogP contribution in [0.1, 0.15) is 18.7 Å². The summed E-state index contributed by atoms with van der Waals surface area (Å²) in [5.41, 5.74) is 5.36. The highest BCUT2D eigenvalue weighted by Gasteiger charge is 2.05. The summed E-state index contributed by atoms with van der Waals surface area (Å²) < 4.78 is 5.00. The Morgan fingerprint density at radius 1 is 1.89 bits per heavy atom. The lowest BCUT2D eigenvalue weighted by molar-refractivity contribution is 0.461. The third kappa shape index (κ3) is 1.29. The van der Waals surface area contributed by atoms with Crippen LogP contribution in [-0.2, 0) is 0 Å². The Morgan fingerprint density at radius 2 is 2.67 bits per heavy atom. The molecule has 1 aromatic rings. The Morgan fingerprint density at radius 3 is 3.11 bits per heavy atom. The van der Waals surface area contributed by atoms with Gasteiger partial charge in [-0.3, -0.25) is 0 Å². The van der Waals surface area contributed by atoms with Crippen LogP contribution in [0.5, 0.6) is 0 Å². The molecule has 0 saturated carbocycles. The van der Waals surface area contributed by atoms with E-state index in [0.29, 0.717) is 6.54 Å². The fourth-order valence-electron chi connectivity index (χ4n) is 0.579. The number of aromatic nitrogens is 1.